The van der Waals surface area contributed by atoms with E-state index in [-0.39, 0.29) is 10.7 Å². The van der Waals surface area contributed by atoms with E-state index < -0.39 is 15.8 Å². The summed E-state index contributed by atoms with van der Waals surface area (Å²) in [7, 11) is -3.94. The van der Waals surface area contributed by atoms with Crippen LogP contribution < -0.4 is 10.0 Å². The molecule has 6 nitrogen and oxygen atoms in total. The fraction of sp³-hybridized carbons (Fsp3) is 0.273. The molecular weight excluding hydrogens is 403 g/mol. The molecule has 156 valence electrons. The molecule has 30 heavy (non-hydrogen) atoms. The van der Waals surface area contributed by atoms with Crippen LogP contribution in [-0.2, 0) is 10.0 Å². The topological polar surface area (TPSA) is 84.0 Å². The first-order chi connectivity index (χ1) is 14.5. The van der Waals surface area contributed by atoms with Crippen LogP contribution in [0.3, 0.4) is 0 Å². The number of aromatic nitrogens is 2. The van der Waals surface area contributed by atoms with Crippen molar-refractivity contribution in [1.29, 1.82) is 0 Å². The monoisotopic (exact) mass is 426 g/mol. The number of benzene rings is 2. The van der Waals surface area contributed by atoms with Gasteiger partial charge in [0, 0.05) is 6.54 Å². The lowest BCUT2D eigenvalue weighted by atomic mass is 9.97. The second kappa shape index (κ2) is 8.79. The molecular formula is C22H23FN4O2S. The van der Waals surface area contributed by atoms with Crippen LogP contribution in [0.4, 0.5) is 16.0 Å². The summed E-state index contributed by atoms with van der Waals surface area (Å²) >= 11 is 0. The van der Waals surface area contributed by atoms with Gasteiger partial charge in [-0.05, 0) is 68.5 Å². The lowest BCUT2D eigenvalue weighted by Gasteiger charge is -2.16. The molecule has 0 aliphatic heterocycles. The molecule has 0 atom stereocenters. The Morgan fingerprint density at radius 2 is 1.63 bits per heavy atom. The van der Waals surface area contributed by atoms with Gasteiger partial charge in [0.25, 0.3) is 10.0 Å². The van der Waals surface area contributed by atoms with Gasteiger partial charge in [0.15, 0.2) is 11.6 Å². The number of hydrogen-bond donors (Lipinski definition) is 2. The first kappa shape index (κ1) is 20.3. The van der Waals surface area contributed by atoms with Gasteiger partial charge in [-0.25, -0.2) is 22.8 Å². The molecule has 2 aromatic carbocycles. The van der Waals surface area contributed by atoms with E-state index in [1.165, 1.54) is 30.5 Å². The number of rotatable bonds is 7. The summed E-state index contributed by atoms with van der Waals surface area (Å²) in [5, 5.41) is 3.23. The number of nitrogens with zero attached hydrogens (tertiary/aromatic N) is 2. The quantitative estimate of drug-likeness (QED) is 0.527. The van der Waals surface area contributed by atoms with Crippen molar-refractivity contribution in [3.8, 4) is 0 Å². The molecule has 1 aliphatic carbocycles. The molecule has 0 fully saturated rings. The SMILES string of the molecule is O=S(=O)(Nc1nc2ccccc2nc1NCCC1=CCCCC1)c1ccc(F)cc1. The highest BCUT2D eigenvalue weighted by atomic mass is 32.2. The van der Waals surface area contributed by atoms with Crippen molar-refractivity contribution in [1.82, 2.24) is 9.97 Å². The van der Waals surface area contributed by atoms with Crippen LogP contribution in [0.2, 0.25) is 0 Å². The average molecular weight is 427 g/mol. The highest BCUT2D eigenvalue weighted by Gasteiger charge is 2.19. The highest BCUT2D eigenvalue weighted by Crippen LogP contribution is 2.25. The minimum absolute atomic E-state index is 0.0443. The third kappa shape index (κ3) is 4.76. The van der Waals surface area contributed by atoms with Crippen LogP contribution in [-0.4, -0.2) is 24.9 Å². The lowest BCUT2D eigenvalue weighted by Crippen LogP contribution is -2.17. The molecule has 1 aliphatic rings. The zero-order valence-electron chi connectivity index (χ0n) is 16.4. The summed E-state index contributed by atoms with van der Waals surface area (Å²) in [6.07, 6.45) is 7.84. The second-order valence-corrected chi connectivity index (χ2v) is 8.94. The van der Waals surface area contributed by atoms with Gasteiger partial charge in [0.05, 0.1) is 15.9 Å². The predicted molar refractivity (Wildman–Crippen MR) is 116 cm³/mol. The van der Waals surface area contributed by atoms with E-state index in [1.54, 1.807) is 6.07 Å². The lowest BCUT2D eigenvalue weighted by molar-refractivity contribution is 0.599. The Kier molecular flexibility index (Phi) is 5.94. The van der Waals surface area contributed by atoms with Crippen molar-refractivity contribution in [3.63, 3.8) is 0 Å². The van der Waals surface area contributed by atoms with E-state index in [0.29, 0.717) is 23.4 Å². The maximum atomic E-state index is 13.2. The van der Waals surface area contributed by atoms with E-state index in [4.69, 9.17) is 0 Å². The standard InChI is InChI=1S/C22H23FN4O2S/c23-17-10-12-18(13-11-17)30(28,29)27-22-21(24-15-14-16-6-2-1-3-7-16)25-19-8-4-5-9-20(19)26-22/h4-6,8-13H,1-3,7,14-15H2,(H,24,25)(H,26,27). The summed E-state index contributed by atoms with van der Waals surface area (Å²) in [5.74, 6) is -0.00901. The second-order valence-electron chi connectivity index (χ2n) is 7.25. The van der Waals surface area contributed by atoms with Crippen LogP contribution in [0.1, 0.15) is 32.1 Å². The number of allylic oxidation sites excluding steroid dienone is 1. The van der Waals surface area contributed by atoms with Gasteiger partial charge in [-0.2, -0.15) is 0 Å². The van der Waals surface area contributed by atoms with Crippen LogP contribution in [0, 0.1) is 5.82 Å². The summed E-state index contributed by atoms with van der Waals surface area (Å²) < 4.78 is 41.3. The molecule has 8 heteroatoms. The number of hydrogen-bond acceptors (Lipinski definition) is 5. The Hall–Kier alpha value is -3.00. The van der Waals surface area contributed by atoms with Crippen LogP contribution in [0.5, 0.6) is 0 Å². The molecule has 0 bridgehead atoms. The molecule has 1 aromatic heterocycles. The molecule has 4 rings (SSSR count). The molecule has 0 spiro atoms. The summed E-state index contributed by atoms with van der Waals surface area (Å²) in [6, 6.07) is 11.9. The number of para-hydroxylation sites is 2. The fourth-order valence-electron chi connectivity index (χ4n) is 3.47. The van der Waals surface area contributed by atoms with Crippen molar-refractivity contribution in [2.24, 2.45) is 0 Å². The van der Waals surface area contributed by atoms with Gasteiger partial charge in [-0.1, -0.05) is 23.8 Å². The number of sulfonamides is 1. The van der Waals surface area contributed by atoms with Crippen molar-refractivity contribution in [3.05, 3.63) is 66.0 Å². The normalized spacial score (nSPS) is 14.4. The molecule has 0 saturated carbocycles. The molecule has 2 N–H and O–H groups in total. The largest absolute Gasteiger partial charge is 0.367 e. The van der Waals surface area contributed by atoms with Gasteiger partial charge >= 0.3 is 0 Å². The van der Waals surface area contributed by atoms with Gasteiger partial charge in [-0.15, -0.1) is 0 Å². The maximum absolute atomic E-state index is 13.2. The van der Waals surface area contributed by atoms with E-state index >= 15 is 0 Å². The maximum Gasteiger partial charge on any atom is 0.263 e. The first-order valence-electron chi connectivity index (χ1n) is 9.98. The zero-order chi connectivity index (χ0) is 21.0. The molecule has 3 aromatic rings. The number of halogens is 1. The molecule has 0 saturated heterocycles. The van der Waals surface area contributed by atoms with Gasteiger partial charge in [0.2, 0.25) is 0 Å². The van der Waals surface area contributed by atoms with E-state index in [2.05, 4.69) is 26.1 Å². The number of nitrogens with one attached hydrogen (secondary N) is 2. The first-order valence-corrected chi connectivity index (χ1v) is 11.5. The van der Waals surface area contributed by atoms with Crippen LogP contribution in [0.25, 0.3) is 11.0 Å². The minimum atomic E-state index is -3.94. The van der Waals surface area contributed by atoms with Crippen molar-refractivity contribution >= 4 is 32.7 Å². The Morgan fingerprint density at radius 3 is 2.30 bits per heavy atom. The third-order valence-corrected chi connectivity index (χ3v) is 6.40. The summed E-state index contributed by atoms with van der Waals surface area (Å²) in [6.45, 7) is 0.629. The van der Waals surface area contributed by atoms with Crippen molar-refractivity contribution < 1.29 is 12.8 Å². The number of fused-ring (bicyclic) bond motifs is 1. The predicted octanol–water partition coefficient (Wildman–Crippen LogP) is 4.87. The molecule has 0 unspecified atom stereocenters. The number of anilines is 2. The van der Waals surface area contributed by atoms with Gasteiger partial charge in [-0.3, -0.25) is 4.72 Å². The van der Waals surface area contributed by atoms with Gasteiger partial charge in [0.1, 0.15) is 5.82 Å². The molecule has 1 heterocycles. The third-order valence-electron chi connectivity index (χ3n) is 5.05. The molecule has 0 radical (unpaired) electrons. The summed E-state index contributed by atoms with van der Waals surface area (Å²) in [4.78, 5) is 8.99. The smallest absolute Gasteiger partial charge is 0.263 e. The Morgan fingerprint density at radius 1 is 0.933 bits per heavy atom. The Balaban J connectivity index is 1.60. The Bertz CT molecular complexity index is 1180. The zero-order valence-corrected chi connectivity index (χ0v) is 17.3. The van der Waals surface area contributed by atoms with Crippen molar-refractivity contribution in [2.45, 2.75) is 37.0 Å². The highest BCUT2D eigenvalue weighted by molar-refractivity contribution is 7.92. The van der Waals surface area contributed by atoms with Crippen LogP contribution in [0.15, 0.2) is 65.1 Å². The van der Waals surface area contributed by atoms with Crippen molar-refractivity contribution in [2.75, 3.05) is 16.6 Å². The van der Waals surface area contributed by atoms with E-state index in [9.17, 15) is 12.8 Å². The fourth-order valence-corrected chi connectivity index (χ4v) is 4.48. The molecule has 0 amide bonds. The van der Waals surface area contributed by atoms with Gasteiger partial charge < -0.3 is 5.32 Å². The van der Waals surface area contributed by atoms with Crippen LogP contribution >= 0.6 is 0 Å². The van der Waals surface area contributed by atoms with E-state index in [1.807, 2.05) is 18.2 Å². The average Bonchev–Trinajstić information content (AvgIpc) is 2.75. The Labute approximate surface area is 175 Å². The minimum Gasteiger partial charge on any atom is -0.367 e. The van der Waals surface area contributed by atoms with E-state index in [0.717, 1.165) is 31.4 Å². The summed E-state index contributed by atoms with van der Waals surface area (Å²) in [5.41, 5.74) is 2.66.